The van der Waals surface area contributed by atoms with E-state index in [0.717, 1.165) is 43.5 Å². The van der Waals surface area contributed by atoms with Gasteiger partial charge in [0.2, 0.25) is 0 Å². The van der Waals surface area contributed by atoms with E-state index in [-0.39, 0.29) is 10.8 Å². The van der Waals surface area contributed by atoms with E-state index in [2.05, 4.69) is 11.9 Å². The third-order valence-electron chi connectivity index (χ3n) is 3.50. The summed E-state index contributed by atoms with van der Waals surface area (Å²) < 4.78 is 0. The van der Waals surface area contributed by atoms with Gasteiger partial charge in [0.15, 0.2) is 5.17 Å². The highest BCUT2D eigenvalue weighted by Crippen LogP contribution is 2.35. The smallest absolute Gasteiger partial charge is 0.329 e. The summed E-state index contributed by atoms with van der Waals surface area (Å²) in [5.74, 6) is -1.50. The van der Waals surface area contributed by atoms with Crippen LogP contribution in [0.4, 0.5) is 5.69 Å². The Labute approximate surface area is 160 Å². The Morgan fingerprint density at radius 3 is 2.72 bits per heavy atom. The lowest BCUT2D eigenvalue weighted by atomic mass is 10.2. The van der Waals surface area contributed by atoms with Gasteiger partial charge in [-0.15, -0.1) is 0 Å². The van der Waals surface area contributed by atoms with Gasteiger partial charge >= 0.3 is 5.97 Å². The van der Waals surface area contributed by atoms with E-state index in [0.29, 0.717) is 27.4 Å². The van der Waals surface area contributed by atoms with Crippen molar-refractivity contribution in [2.75, 3.05) is 6.54 Å². The number of unbranched alkanes of at least 4 members (excludes halogenated alkanes) is 3. The first kappa shape index (κ1) is 19.8. The molecule has 1 N–H and O–H groups in total. The molecule has 0 bridgehead atoms. The van der Waals surface area contributed by atoms with Crippen molar-refractivity contribution in [2.45, 2.75) is 32.6 Å². The molecule has 1 aliphatic heterocycles. The van der Waals surface area contributed by atoms with Crippen LogP contribution in [0.15, 0.2) is 34.2 Å². The molecule has 2 rings (SSSR count). The average molecular weight is 401 g/mol. The fourth-order valence-corrected chi connectivity index (χ4v) is 3.71. The number of carbonyl (C=O) groups excluding carboxylic acids is 1. The van der Waals surface area contributed by atoms with E-state index in [1.807, 2.05) is 0 Å². The first-order chi connectivity index (χ1) is 11.9. The molecule has 8 heteroatoms. The minimum Gasteiger partial charge on any atom is -0.478 e. The Kier molecular flexibility index (Phi) is 7.35. The van der Waals surface area contributed by atoms with Crippen molar-refractivity contribution in [3.63, 3.8) is 0 Å². The van der Waals surface area contributed by atoms with Crippen LogP contribution in [0.3, 0.4) is 0 Å². The molecule has 1 aromatic rings. The van der Waals surface area contributed by atoms with Gasteiger partial charge in [-0.05, 0) is 36.4 Å². The Hall–Kier alpha value is -1.50. The molecule has 1 amide bonds. The number of benzene rings is 1. The number of nitrogens with zero attached hydrogens (tertiary/aromatic N) is 2. The third kappa shape index (κ3) is 5.49. The van der Waals surface area contributed by atoms with Crippen LogP contribution in [0.2, 0.25) is 10.0 Å². The lowest BCUT2D eigenvalue weighted by Crippen LogP contribution is -2.30. The summed E-state index contributed by atoms with van der Waals surface area (Å²) in [7, 11) is 0. The molecule has 0 spiro atoms. The van der Waals surface area contributed by atoms with Gasteiger partial charge < -0.3 is 5.11 Å². The van der Waals surface area contributed by atoms with Crippen LogP contribution < -0.4 is 0 Å². The number of rotatable bonds is 7. The van der Waals surface area contributed by atoms with Crippen molar-refractivity contribution in [1.82, 2.24) is 4.90 Å². The predicted molar refractivity (Wildman–Crippen MR) is 103 cm³/mol. The summed E-state index contributed by atoms with van der Waals surface area (Å²) in [5, 5.41) is 10.2. The largest absolute Gasteiger partial charge is 0.478 e. The molecule has 1 fully saturated rings. The maximum absolute atomic E-state index is 12.5. The molecule has 0 aromatic heterocycles. The first-order valence-electron chi connectivity index (χ1n) is 7.90. The third-order valence-corrected chi connectivity index (χ3v) is 5.05. The molecule has 0 aliphatic carbocycles. The number of amides is 1. The molecule has 1 saturated heterocycles. The lowest BCUT2D eigenvalue weighted by molar-refractivity contribution is -0.132. The quantitative estimate of drug-likeness (QED) is 0.510. The van der Waals surface area contributed by atoms with Crippen molar-refractivity contribution in [3.05, 3.63) is 39.2 Å². The van der Waals surface area contributed by atoms with E-state index < -0.39 is 5.97 Å². The molecule has 134 valence electrons. The lowest BCUT2D eigenvalue weighted by Gasteiger charge is -2.15. The van der Waals surface area contributed by atoms with Crippen LogP contribution in [0, 0.1) is 0 Å². The highest BCUT2D eigenvalue weighted by atomic mass is 35.5. The fourth-order valence-electron chi connectivity index (χ4n) is 2.27. The van der Waals surface area contributed by atoms with Crippen LogP contribution in [-0.4, -0.2) is 33.6 Å². The van der Waals surface area contributed by atoms with Gasteiger partial charge in [0.25, 0.3) is 5.91 Å². The molecule has 0 atom stereocenters. The molecule has 25 heavy (non-hydrogen) atoms. The number of halogens is 2. The summed E-state index contributed by atoms with van der Waals surface area (Å²) in [6, 6.07) is 4.90. The Bertz CT molecular complexity index is 735. The zero-order chi connectivity index (χ0) is 18.4. The van der Waals surface area contributed by atoms with E-state index in [9.17, 15) is 9.59 Å². The first-order valence-corrected chi connectivity index (χ1v) is 9.47. The Morgan fingerprint density at radius 2 is 2.08 bits per heavy atom. The summed E-state index contributed by atoms with van der Waals surface area (Å²) in [6.45, 7) is 2.60. The number of carbonyl (C=O) groups is 2. The highest BCUT2D eigenvalue weighted by Gasteiger charge is 2.33. The van der Waals surface area contributed by atoms with E-state index in [1.165, 1.54) is 4.90 Å². The summed E-state index contributed by atoms with van der Waals surface area (Å²) in [6.07, 6.45) is 4.92. The second kappa shape index (κ2) is 9.27. The van der Waals surface area contributed by atoms with E-state index in [1.54, 1.807) is 18.2 Å². The Balaban J connectivity index is 2.28. The highest BCUT2D eigenvalue weighted by molar-refractivity contribution is 8.18. The van der Waals surface area contributed by atoms with Gasteiger partial charge in [0.1, 0.15) is 0 Å². The van der Waals surface area contributed by atoms with Gasteiger partial charge in [0.05, 0.1) is 15.6 Å². The van der Waals surface area contributed by atoms with Gasteiger partial charge in [-0.25, -0.2) is 9.79 Å². The van der Waals surface area contributed by atoms with Crippen molar-refractivity contribution in [2.24, 2.45) is 4.99 Å². The number of aliphatic imine (C=N–C) groups is 1. The van der Waals surface area contributed by atoms with Crippen molar-refractivity contribution in [1.29, 1.82) is 0 Å². The number of aliphatic carboxylic acids is 1. The maximum atomic E-state index is 12.5. The standard InChI is InChI=1S/C17H18Cl2N2O3S/c1-2-3-4-5-8-21-16(24)14(10-15(22)23)25-17(21)20-13-7-6-11(18)9-12(13)19/h6-7,9-10H,2-5,8H2,1H3,(H,22,23)/b14-10-,20-17+. The molecular formula is C17H18Cl2N2O3S. The average Bonchev–Trinajstić information content (AvgIpc) is 2.82. The molecule has 1 heterocycles. The molecule has 1 aliphatic rings. The topological polar surface area (TPSA) is 70.0 Å². The van der Waals surface area contributed by atoms with Gasteiger partial charge in [0, 0.05) is 17.6 Å². The van der Waals surface area contributed by atoms with Crippen LogP contribution in [-0.2, 0) is 9.59 Å². The maximum Gasteiger partial charge on any atom is 0.329 e. The molecule has 0 radical (unpaired) electrons. The SMILES string of the molecule is CCCCCCN1C(=O)/C(=C/C(=O)O)S/C1=N/c1ccc(Cl)cc1Cl. The fraction of sp³-hybridized carbons (Fsp3) is 0.353. The van der Waals surface area contributed by atoms with Crippen molar-refractivity contribution >= 4 is 57.7 Å². The van der Waals surface area contributed by atoms with E-state index in [4.69, 9.17) is 28.3 Å². The van der Waals surface area contributed by atoms with Crippen LogP contribution in [0.25, 0.3) is 0 Å². The second-order valence-corrected chi connectivity index (χ2v) is 7.31. The molecule has 5 nitrogen and oxygen atoms in total. The second-order valence-electron chi connectivity index (χ2n) is 5.46. The summed E-state index contributed by atoms with van der Waals surface area (Å²) in [5.41, 5.74) is 0.483. The number of hydrogen-bond acceptors (Lipinski definition) is 4. The zero-order valence-electron chi connectivity index (χ0n) is 13.7. The Morgan fingerprint density at radius 1 is 1.32 bits per heavy atom. The van der Waals surface area contributed by atoms with E-state index >= 15 is 0 Å². The number of carboxylic acids is 1. The summed E-state index contributed by atoms with van der Waals surface area (Å²) in [4.78, 5) is 29.5. The zero-order valence-corrected chi connectivity index (χ0v) is 16.0. The van der Waals surface area contributed by atoms with Crippen molar-refractivity contribution < 1.29 is 14.7 Å². The molecular weight excluding hydrogens is 383 g/mol. The minimum atomic E-state index is -1.16. The predicted octanol–water partition coefficient (Wildman–Crippen LogP) is 5.11. The van der Waals surface area contributed by atoms with Gasteiger partial charge in [-0.3, -0.25) is 9.69 Å². The molecule has 1 aromatic carbocycles. The van der Waals surface area contributed by atoms with Gasteiger partial charge in [-0.1, -0.05) is 49.4 Å². The number of carboxylic acid groups (broad SMARTS) is 1. The number of hydrogen-bond donors (Lipinski definition) is 1. The number of thioether (sulfide) groups is 1. The normalized spacial score (nSPS) is 17.7. The van der Waals surface area contributed by atoms with Crippen molar-refractivity contribution in [3.8, 4) is 0 Å². The van der Waals surface area contributed by atoms with Crippen LogP contribution in [0.1, 0.15) is 32.6 Å². The summed E-state index contributed by atoms with van der Waals surface area (Å²) >= 11 is 13.1. The molecule has 0 unspecified atom stereocenters. The van der Waals surface area contributed by atoms with Gasteiger partial charge in [-0.2, -0.15) is 0 Å². The monoisotopic (exact) mass is 400 g/mol. The molecule has 0 saturated carbocycles. The minimum absolute atomic E-state index is 0.145. The van der Waals surface area contributed by atoms with Crippen LogP contribution in [0.5, 0.6) is 0 Å². The van der Waals surface area contributed by atoms with Crippen LogP contribution >= 0.6 is 35.0 Å². The number of amidine groups is 1.